The van der Waals surface area contributed by atoms with Crippen molar-refractivity contribution in [3.8, 4) is 6.07 Å². The molecule has 0 saturated heterocycles. The van der Waals surface area contributed by atoms with Gasteiger partial charge in [-0.25, -0.2) is 17.6 Å². The second-order valence-corrected chi connectivity index (χ2v) is 8.71. The van der Waals surface area contributed by atoms with E-state index < -0.39 is 15.7 Å². The Morgan fingerprint density at radius 3 is 2.70 bits per heavy atom. The van der Waals surface area contributed by atoms with Gasteiger partial charge in [0.15, 0.2) is 9.84 Å². The van der Waals surface area contributed by atoms with Gasteiger partial charge >= 0.3 is 6.03 Å². The lowest BCUT2D eigenvalue weighted by Gasteiger charge is -2.29. The summed E-state index contributed by atoms with van der Waals surface area (Å²) in [5.74, 6) is -1.06. The van der Waals surface area contributed by atoms with Crippen LogP contribution in [0.2, 0.25) is 0 Å². The van der Waals surface area contributed by atoms with E-state index in [-0.39, 0.29) is 23.0 Å². The lowest BCUT2D eigenvalue weighted by atomic mass is 9.98. The van der Waals surface area contributed by atoms with E-state index in [4.69, 9.17) is 5.26 Å². The molecule has 2 amide bonds. The molecule has 0 unspecified atom stereocenters. The van der Waals surface area contributed by atoms with E-state index in [1.807, 2.05) is 12.1 Å². The molecule has 0 spiro atoms. The fraction of sp³-hybridized carbons (Fsp3) is 0.263. The minimum Gasteiger partial charge on any atom is -0.320 e. The summed E-state index contributed by atoms with van der Waals surface area (Å²) in [4.78, 5) is 14.1. The Morgan fingerprint density at radius 2 is 2.04 bits per heavy atom. The van der Waals surface area contributed by atoms with Crippen molar-refractivity contribution >= 4 is 21.6 Å². The Balaban J connectivity index is 1.69. The predicted octanol–water partition coefficient (Wildman–Crippen LogP) is 2.83. The zero-order chi connectivity index (χ0) is 19.6. The molecule has 0 aromatic heterocycles. The zero-order valence-electron chi connectivity index (χ0n) is 14.7. The van der Waals surface area contributed by atoms with Gasteiger partial charge in [0.1, 0.15) is 5.82 Å². The molecule has 0 saturated carbocycles. The van der Waals surface area contributed by atoms with Crippen LogP contribution in [-0.4, -0.2) is 32.1 Å². The standard InChI is InChI=1S/C19H18FN3O3S/c1-27(25,26)12-16-4-5-17(9-18(16)20)22-19(24)23-7-6-14-8-13(10-21)2-3-15(14)11-23/h2-5,8-9H,6-7,11-12H2,1H3,(H,22,24). The van der Waals surface area contributed by atoms with Gasteiger partial charge in [0.2, 0.25) is 0 Å². The van der Waals surface area contributed by atoms with Gasteiger partial charge in [0.05, 0.1) is 17.4 Å². The number of urea groups is 1. The van der Waals surface area contributed by atoms with Gasteiger partial charge in [-0.1, -0.05) is 12.1 Å². The molecule has 1 N–H and O–H groups in total. The van der Waals surface area contributed by atoms with Crippen LogP contribution in [0.15, 0.2) is 36.4 Å². The van der Waals surface area contributed by atoms with Crippen molar-refractivity contribution in [1.29, 1.82) is 5.26 Å². The van der Waals surface area contributed by atoms with E-state index in [1.165, 1.54) is 12.1 Å². The molecule has 2 aromatic rings. The third-order valence-electron chi connectivity index (χ3n) is 4.36. The van der Waals surface area contributed by atoms with E-state index in [0.717, 1.165) is 23.4 Å². The highest BCUT2D eigenvalue weighted by molar-refractivity contribution is 7.89. The number of amides is 2. The van der Waals surface area contributed by atoms with E-state index in [1.54, 1.807) is 11.0 Å². The van der Waals surface area contributed by atoms with Crippen LogP contribution < -0.4 is 5.32 Å². The summed E-state index contributed by atoms with van der Waals surface area (Å²) in [5.41, 5.74) is 2.95. The molecular formula is C19H18FN3O3S. The Labute approximate surface area is 157 Å². The Bertz CT molecular complexity index is 1040. The van der Waals surface area contributed by atoms with Crippen LogP contribution in [-0.2, 0) is 28.6 Å². The highest BCUT2D eigenvalue weighted by Crippen LogP contribution is 2.22. The molecule has 0 radical (unpaired) electrons. The molecule has 27 heavy (non-hydrogen) atoms. The van der Waals surface area contributed by atoms with E-state index >= 15 is 0 Å². The lowest BCUT2D eigenvalue weighted by Crippen LogP contribution is -2.38. The molecule has 1 heterocycles. The summed E-state index contributed by atoms with van der Waals surface area (Å²) in [6.45, 7) is 0.893. The number of nitrogens with zero attached hydrogens (tertiary/aromatic N) is 2. The number of anilines is 1. The van der Waals surface area contributed by atoms with Crippen LogP contribution in [0.4, 0.5) is 14.9 Å². The van der Waals surface area contributed by atoms with E-state index in [9.17, 15) is 17.6 Å². The summed E-state index contributed by atoms with van der Waals surface area (Å²) in [5, 5.41) is 11.6. The maximum atomic E-state index is 14.1. The molecule has 1 aliphatic rings. The summed E-state index contributed by atoms with van der Waals surface area (Å²) in [6, 6.07) is 11.1. The molecule has 2 aromatic carbocycles. The third kappa shape index (κ3) is 4.63. The number of fused-ring (bicyclic) bond motifs is 1. The number of halogens is 1. The van der Waals surface area contributed by atoms with Crippen molar-refractivity contribution in [2.24, 2.45) is 0 Å². The number of sulfone groups is 1. The smallest absolute Gasteiger partial charge is 0.320 e. The van der Waals surface area contributed by atoms with Crippen LogP contribution in [0.25, 0.3) is 0 Å². The summed E-state index contributed by atoms with van der Waals surface area (Å²) in [6.07, 6.45) is 1.68. The molecule has 3 rings (SSSR count). The average Bonchev–Trinajstić information content (AvgIpc) is 2.62. The highest BCUT2D eigenvalue weighted by Gasteiger charge is 2.21. The van der Waals surface area contributed by atoms with Gasteiger partial charge in [-0.2, -0.15) is 5.26 Å². The zero-order valence-corrected chi connectivity index (χ0v) is 15.5. The fourth-order valence-electron chi connectivity index (χ4n) is 3.02. The minimum absolute atomic E-state index is 0.0655. The van der Waals surface area contributed by atoms with Crippen LogP contribution >= 0.6 is 0 Å². The molecule has 140 valence electrons. The van der Waals surface area contributed by atoms with Crippen LogP contribution in [0, 0.1) is 17.1 Å². The summed E-state index contributed by atoms with van der Waals surface area (Å²) < 4.78 is 36.7. The first-order valence-corrected chi connectivity index (χ1v) is 10.4. The summed E-state index contributed by atoms with van der Waals surface area (Å²) >= 11 is 0. The Hall–Kier alpha value is -2.92. The topological polar surface area (TPSA) is 90.3 Å². The van der Waals surface area contributed by atoms with E-state index in [0.29, 0.717) is 25.1 Å². The molecule has 0 bridgehead atoms. The maximum absolute atomic E-state index is 14.1. The number of nitriles is 1. The number of benzene rings is 2. The van der Waals surface area contributed by atoms with Crippen molar-refractivity contribution < 1.29 is 17.6 Å². The van der Waals surface area contributed by atoms with Crippen molar-refractivity contribution in [2.75, 3.05) is 18.1 Å². The molecule has 1 aliphatic heterocycles. The average molecular weight is 387 g/mol. The molecule has 8 heteroatoms. The van der Waals surface area contributed by atoms with Gasteiger partial charge < -0.3 is 10.2 Å². The van der Waals surface area contributed by atoms with Gasteiger partial charge in [-0.05, 0) is 41.8 Å². The Morgan fingerprint density at radius 1 is 1.26 bits per heavy atom. The second-order valence-electron chi connectivity index (χ2n) is 6.57. The van der Waals surface area contributed by atoms with Crippen LogP contribution in [0.3, 0.4) is 0 Å². The van der Waals surface area contributed by atoms with Crippen LogP contribution in [0.5, 0.6) is 0 Å². The van der Waals surface area contributed by atoms with Gasteiger partial charge in [0.25, 0.3) is 0 Å². The molecular weight excluding hydrogens is 369 g/mol. The van der Waals surface area contributed by atoms with Gasteiger partial charge in [-0.3, -0.25) is 0 Å². The number of carbonyl (C=O) groups excluding carboxylic acids is 1. The van der Waals surface area contributed by atoms with E-state index in [2.05, 4.69) is 11.4 Å². The first-order chi connectivity index (χ1) is 12.7. The number of rotatable bonds is 3. The largest absolute Gasteiger partial charge is 0.322 e. The third-order valence-corrected chi connectivity index (χ3v) is 5.19. The fourth-order valence-corrected chi connectivity index (χ4v) is 3.82. The summed E-state index contributed by atoms with van der Waals surface area (Å²) in [7, 11) is -3.34. The number of hydrogen-bond acceptors (Lipinski definition) is 4. The maximum Gasteiger partial charge on any atom is 0.322 e. The van der Waals surface area contributed by atoms with Crippen molar-refractivity contribution in [3.05, 3.63) is 64.5 Å². The van der Waals surface area contributed by atoms with Crippen LogP contribution in [0.1, 0.15) is 22.3 Å². The predicted molar refractivity (Wildman–Crippen MR) is 99.2 cm³/mol. The first kappa shape index (κ1) is 18.9. The molecule has 0 aliphatic carbocycles. The number of carbonyl (C=O) groups is 1. The normalized spacial score (nSPS) is 13.6. The lowest BCUT2D eigenvalue weighted by molar-refractivity contribution is 0.206. The van der Waals surface area contributed by atoms with Gasteiger partial charge in [-0.15, -0.1) is 0 Å². The van der Waals surface area contributed by atoms with Crippen molar-refractivity contribution in [1.82, 2.24) is 4.90 Å². The molecule has 0 fully saturated rings. The number of hydrogen-bond donors (Lipinski definition) is 1. The monoisotopic (exact) mass is 387 g/mol. The molecule has 6 nitrogen and oxygen atoms in total. The number of nitrogens with one attached hydrogen (secondary N) is 1. The van der Waals surface area contributed by atoms with Gasteiger partial charge in [0, 0.05) is 30.6 Å². The highest BCUT2D eigenvalue weighted by atomic mass is 32.2. The first-order valence-electron chi connectivity index (χ1n) is 8.29. The quantitative estimate of drug-likeness (QED) is 0.877. The van der Waals surface area contributed by atoms with Crippen molar-refractivity contribution in [2.45, 2.75) is 18.7 Å². The van der Waals surface area contributed by atoms with Crippen molar-refractivity contribution in [3.63, 3.8) is 0 Å². The minimum atomic E-state index is -3.34. The molecule has 0 atom stereocenters. The second kappa shape index (κ2) is 7.37. The SMILES string of the molecule is CS(=O)(=O)Cc1ccc(NC(=O)N2CCc3cc(C#N)ccc3C2)cc1F. The Kier molecular flexibility index (Phi) is 5.15.